The van der Waals surface area contributed by atoms with Gasteiger partial charge in [0.2, 0.25) is 5.91 Å². The van der Waals surface area contributed by atoms with E-state index in [9.17, 15) is 14.7 Å². The van der Waals surface area contributed by atoms with E-state index in [1.165, 1.54) is 4.88 Å². The third-order valence-corrected chi connectivity index (χ3v) is 9.89. The summed E-state index contributed by atoms with van der Waals surface area (Å²) in [6.07, 6.45) is 0.638. The molecule has 1 atom stereocenters. The lowest BCUT2D eigenvalue weighted by Crippen LogP contribution is -2.49. The molecule has 1 fully saturated rings. The number of halogens is 1. The van der Waals surface area contributed by atoms with Crippen molar-refractivity contribution in [3.05, 3.63) is 91.8 Å². The Hall–Kier alpha value is -4.50. The van der Waals surface area contributed by atoms with E-state index in [0.29, 0.717) is 55.6 Å². The van der Waals surface area contributed by atoms with E-state index in [-0.39, 0.29) is 17.9 Å². The molecule has 10 nitrogen and oxygen atoms in total. The summed E-state index contributed by atoms with van der Waals surface area (Å²) in [6.45, 7) is 8.67. The molecule has 2 aromatic carbocycles. The third-order valence-electron chi connectivity index (χ3n) is 8.45. The summed E-state index contributed by atoms with van der Waals surface area (Å²) < 4.78 is 2.05. The normalized spacial score (nSPS) is 15.8. The van der Waals surface area contributed by atoms with Crippen LogP contribution in [0.4, 0.5) is 5.69 Å². The van der Waals surface area contributed by atoms with Crippen LogP contribution < -0.4 is 10.6 Å². The van der Waals surface area contributed by atoms with Gasteiger partial charge in [-0.25, -0.2) is 4.79 Å². The zero-order valence-electron chi connectivity index (χ0n) is 25.9. The first-order valence-electron chi connectivity index (χ1n) is 15.1. The molecule has 0 radical (unpaired) electrons. The maximum atomic E-state index is 13.8. The Morgan fingerprint density at radius 1 is 1.07 bits per heavy atom. The van der Waals surface area contributed by atoms with Crippen LogP contribution in [-0.2, 0) is 4.79 Å². The van der Waals surface area contributed by atoms with Crippen molar-refractivity contribution in [3.63, 3.8) is 0 Å². The number of anilines is 1. The molecule has 0 unspecified atom stereocenters. The standard InChI is InChI=1S/C34H34ClN7O3S/c1-20-21(2)46-33-30(20)31(24-7-10-25(35)11-8-24)37-28(32-39-38-22(3)42(32)33)19-29(43)41-16-14-40(15-17-41)26-12-9-23(6-4-5-13-36)27(18-26)34(44)45/h7-12,18,28H,5,13-17,19,36H2,1-3H3,(H,44,45)/t28-/m0/s1. The number of hydrogen-bond acceptors (Lipinski definition) is 8. The lowest BCUT2D eigenvalue weighted by Gasteiger charge is -2.36. The summed E-state index contributed by atoms with van der Waals surface area (Å²) >= 11 is 7.90. The van der Waals surface area contributed by atoms with Gasteiger partial charge >= 0.3 is 5.97 Å². The second-order valence-corrected chi connectivity index (χ2v) is 13.0. The summed E-state index contributed by atoms with van der Waals surface area (Å²) in [4.78, 5) is 36.2. The SMILES string of the molecule is Cc1sc2c(c1C)C(c1ccc(Cl)cc1)=N[C@@H](CC(=O)N1CCN(c3ccc(C#CCCN)c(C(=O)O)c3)CC1)c1nnc(C)n1-2. The highest BCUT2D eigenvalue weighted by Crippen LogP contribution is 2.40. The Morgan fingerprint density at radius 3 is 2.50 bits per heavy atom. The highest BCUT2D eigenvalue weighted by molar-refractivity contribution is 7.15. The quantitative estimate of drug-likeness (QED) is 0.282. The number of amides is 1. The van der Waals surface area contributed by atoms with Crippen molar-refractivity contribution in [1.29, 1.82) is 0 Å². The molecule has 4 heterocycles. The molecular weight excluding hydrogens is 622 g/mol. The van der Waals surface area contributed by atoms with Crippen molar-refractivity contribution in [2.75, 3.05) is 37.6 Å². The minimum absolute atomic E-state index is 0.0223. The van der Waals surface area contributed by atoms with Crippen LogP contribution >= 0.6 is 22.9 Å². The van der Waals surface area contributed by atoms with Crippen molar-refractivity contribution in [3.8, 4) is 16.8 Å². The number of carboxylic acid groups (broad SMARTS) is 1. The van der Waals surface area contributed by atoms with Gasteiger partial charge in [-0.15, -0.1) is 21.5 Å². The number of thiophene rings is 1. The molecule has 4 aromatic rings. The molecular formula is C34H34ClN7O3S. The maximum absolute atomic E-state index is 13.8. The van der Waals surface area contributed by atoms with E-state index in [4.69, 9.17) is 22.3 Å². The van der Waals surface area contributed by atoms with Crippen LogP contribution in [-0.4, -0.2) is 75.1 Å². The zero-order valence-corrected chi connectivity index (χ0v) is 27.5. The van der Waals surface area contributed by atoms with Crippen molar-refractivity contribution in [2.45, 2.75) is 39.7 Å². The number of carboxylic acids is 1. The Kier molecular flexibility index (Phi) is 8.95. The largest absolute Gasteiger partial charge is 0.478 e. The number of piperazine rings is 1. The predicted molar refractivity (Wildman–Crippen MR) is 181 cm³/mol. The summed E-state index contributed by atoms with van der Waals surface area (Å²) in [5.41, 5.74) is 10.8. The summed E-state index contributed by atoms with van der Waals surface area (Å²) in [5.74, 6) is 6.16. The van der Waals surface area contributed by atoms with Gasteiger partial charge in [-0.2, -0.15) is 0 Å². The van der Waals surface area contributed by atoms with Gasteiger partial charge in [0, 0.05) is 71.4 Å². The van der Waals surface area contributed by atoms with E-state index in [0.717, 1.165) is 38.9 Å². The van der Waals surface area contributed by atoms with Crippen LogP contribution in [0, 0.1) is 32.6 Å². The van der Waals surface area contributed by atoms with E-state index in [2.05, 4.69) is 40.8 Å². The van der Waals surface area contributed by atoms with E-state index >= 15 is 0 Å². The van der Waals surface area contributed by atoms with Crippen LogP contribution in [0.1, 0.15) is 68.0 Å². The van der Waals surface area contributed by atoms with Crippen molar-refractivity contribution in [1.82, 2.24) is 19.7 Å². The second kappa shape index (κ2) is 13.1. The van der Waals surface area contributed by atoms with Gasteiger partial charge in [0.1, 0.15) is 16.9 Å². The number of fused-ring (bicyclic) bond motifs is 3. The number of benzene rings is 2. The minimum Gasteiger partial charge on any atom is -0.478 e. The topological polar surface area (TPSA) is 130 Å². The maximum Gasteiger partial charge on any atom is 0.337 e. The Morgan fingerprint density at radius 2 is 1.80 bits per heavy atom. The summed E-state index contributed by atoms with van der Waals surface area (Å²) in [5, 5.41) is 20.4. The molecule has 0 saturated carbocycles. The molecule has 46 heavy (non-hydrogen) atoms. The average Bonchev–Trinajstić information content (AvgIpc) is 3.53. The van der Waals surface area contributed by atoms with Gasteiger partial charge in [-0.1, -0.05) is 35.6 Å². The highest BCUT2D eigenvalue weighted by Gasteiger charge is 2.34. The highest BCUT2D eigenvalue weighted by atomic mass is 35.5. The van der Waals surface area contributed by atoms with E-state index in [1.807, 2.05) is 46.7 Å². The number of aryl methyl sites for hydroxylation is 2. The monoisotopic (exact) mass is 655 g/mol. The second-order valence-electron chi connectivity index (χ2n) is 11.4. The number of nitrogens with two attached hydrogens (primary N) is 1. The molecule has 2 aromatic heterocycles. The molecule has 2 aliphatic heterocycles. The number of nitrogens with zero attached hydrogens (tertiary/aromatic N) is 6. The minimum atomic E-state index is -1.03. The number of aromatic nitrogens is 3. The van der Waals surface area contributed by atoms with Crippen LogP contribution in [0.25, 0.3) is 5.00 Å². The molecule has 3 N–H and O–H groups in total. The molecule has 236 valence electrons. The van der Waals surface area contributed by atoms with Crippen molar-refractivity contribution >= 4 is 46.2 Å². The Labute approximate surface area is 276 Å². The van der Waals surface area contributed by atoms with Crippen molar-refractivity contribution < 1.29 is 14.7 Å². The van der Waals surface area contributed by atoms with E-state index < -0.39 is 12.0 Å². The molecule has 2 aliphatic rings. The fourth-order valence-electron chi connectivity index (χ4n) is 5.89. The number of carbonyl (C=O) groups excluding carboxylic acids is 1. The summed E-state index contributed by atoms with van der Waals surface area (Å²) in [6, 6.07) is 12.4. The summed E-state index contributed by atoms with van der Waals surface area (Å²) in [7, 11) is 0. The molecule has 12 heteroatoms. The van der Waals surface area contributed by atoms with Crippen LogP contribution in [0.3, 0.4) is 0 Å². The number of aliphatic imine (C=N–C) groups is 1. The smallest absolute Gasteiger partial charge is 0.337 e. The van der Waals surface area contributed by atoms with Gasteiger partial charge in [0.15, 0.2) is 5.82 Å². The number of carbonyl (C=O) groups is 2. The fraction of sp³-hybridized carbons (Fsp3) is 0.324. The number of rotatable bonds is 6. The molecule has 6 rings (SSSR count). The van der Waals surface area contributed by atoms with Gasteiger partial charge in [0.25, 0.3) is 0 Å². The fourth-order valence-corrected chi connectivity index (χ4v) is 7.23. The predicted octanol–water partition coefficient (Wildman–Crippen LogP) is 4.94. The van der Waals surface area contributed by atoms with E-state index in [1.54, 1.807) is 23.5 Å². The lowest BCUT2D eigenvalue weighted by atomic mass is 9.99. The van der Waals surface area contributed by atoms with Gasteiger partial charge in [0.05, 0.1) is 17.7 Å². The molecule has 0 aliphatic carbocycles. The Bertz CT molecular complexity index is 1910. The molecule has 0 bridgehead atoms. The van der Waals surface area contributed by atoms with Crippen LogP contribution in [0.2, 0.25) is 5.02 Å². The van der Waals surface area contributed by atoms with Crippen LogP contribution in [0.15, 0.2) is 47.5 Å². The lowest BCUT2D eigenvalue weighted by molar-refractivity contribution is -0.131. The van der Waals surface area contributed by atoms with Gasteiger partial charge in [-0.3, -0.25) is 14.4 Å². The third kappa shape index (κ3) is 6.03. The molecule has 1 saturated heterocycles. The van der Waals surface area contributed by atoms with Gasteiger partial charge < -0.3 is 20.6 Å². The average molecular weight is 656 g/mol. The van der Waals surface area contributed by atoms with Gasteiger partial charge in [-0.05, 0) is 56.7 Å². The molecule has 1 amide bonds. The zero-order chi connectivity index (χ0) is 32.5. The Balaban J connectivity index is 1.24. The number of aromatic carboxylic acids is 1. The van der Waals surface area contributed by atoms with Crippen LogP contribution in [0.5, 0.6) is 0 Å². The molecule has 0 spiro atoms. The first-order valence-corrected chi connectivity index (χ1v) is 16.3. The van der Waals surface area contributed by atoms with Crippen molar-refractivity contribution in [2.24, 2.45) is 10.7 Å². The first-order chi connectivity index (χ1) is 22.2. The number of hydrogen-bond donors (Lipinski definition) is 2. The first kappa shape index (κ1) is 31.5.